The van der Waals surface area contributed by atoms with E-state index in [-0.39, 0.29) is 5.69 Å². The summed E-state index contributed by atoms with van der Waals surface area (Å²) in [5.41, 5.74) is 2.76. The predicted octanol–water partition coefficient (Wildman–Crippen LogP) is 1.95. The molecule has 7 heteroatoms. The van der Waals surface area contributed by atoms with Crippen molar-refractivity contribution in [3.05, 3.63) is 45.4 Å². The molecule has 0 fully saturated rings. The highest BCUT2D eigenvalue weighted by atomic mass is 16.6. The van der Waals surface area contributed by atoms with Gasteiger partial charge in [0.15, 0.2) is 0 Å². The van der Waals surface area contributed by atoms with Crippen LogP contribution in [0, 0.1) is 24.0 Å². The first-order valence-corrected chi connectivity index (χ1v) is 5.81. The van der Waals surface area contributed by atoms with Crippen LogP contribution in [0.3, 0.4) is 0 Å². The van der Waals surface area contributed by atoms with E-state index in [0.717, 1.165) is 11.3 Å². The van der Waals surface area contributed by atoms with Crippen LogP contribution in [0.25, 0.3) is 0 Å². The highest BCUT2D eigenvalue weighted by Crippen LogP contribution is 2.19. The van der Waals surface area contributed by atoms with E-state index in [0.29, 0.717) is 17.9 Å². The summed E-state index contributed by atoms with van der Waals surface area (Å²) in [4.78, 5) is 14.3. The van der Waals surface area contributed by atoms with E-state index in [2.05, 4.69) is 15.4 Å². The number of hydrogen-bond donors (Lipinski definition) is 1. The predicted molar refractivity (Wildman–Crippen MR) is 70.9 cm³/mol. The molecule has 2 rings (SSSR count). The maximum Gasteiger partial charge on any atom is 0.290 e. The van der Waals surface area contributed by atoms with E-state index in [9.17, 15) is 10.1 Å². The molecule has 2 aromatic heterocycles. The van der Waals surface area contributed by atoms with Gasteiger partial charge in [-0.05, 0) is 19.9 Å². The molecule has 0 aromatic carbocycles. The molecule has 0 aliphatic carbocycles. The Labute approximate surface area is 110 Å². The van der Waals surface area contributed by atoms with Crippen molar-refractivity contribution in [2.75, 3.05) is 5.32 Å². The average molecular weight is 261 g/mol. The molecule has 0 saturated heterocycles. The second-order valence-electron chi connectivity index (χ2n) is 4.35. The summed E-state index contributed by atoms with van der Waals surface area (Å²) in [6.07, 6.45) is 3.06. The van der Waals surface area contributed by atoms with E-state index in [1.165, 1.54) is 6.20 Å². The fraction of sp³-hybridized carbons (Fsp3) is 0.333. The number of nitrogens with one attached hydrogen (secondary N) is 1. The molecule has 100 valence electrons. The van der Waals surface area contributed by atoms with Crippen LogP contribution < -0.4 is 5.32 Å². The van der Waals surface area contributed by atoms with Gasteiger partial charge in [-0.2, -0.15) is 5.10 Å². The number of anilines is 1. The van der Waals surface area contributed by atoms with Gasteiger partial charge in [-0.25, -0.2) is 4.98 Å². The van der Waals surface area contributed by atoms with Gasteiger partial charge in [-0.15, -0.1) is 0 Å². The molecular formula is C12H15N5O2. The molecule has 0 spiro atoms. The van der Waals surface area contributed by atoms with Crippen molar-refractivity contribution in [2.45, 2.75) is 20.4 Å². The molecule has 0 bridgehead atoms. The van der Waals surface area contributed by atoms with Crippen LogP contribution in [0.1, 0.15) is 16.8 Å². The maximum absolute atomic E-state index is 10.7. The Kier molecular flexibility index (Phi) is 3.46. The number of rotatable bonds is 4. The van der Waals surface area contributed by atoms with Gasteiger partial charge in [0.1, 0.15) is 12.0 Å². The Bertz CT molecular complexity index is 621. The summed E-state index contributed by atoms with van der Waals surface area (Å²) in [6, 6.07) is 1.67. The minimum atomic E-state index is -0.433. The van der Waals surface area contributed by atoms with Crippen molar-refractivity contribution in [1.82, 2.24) is 14.8 Å². The van der Waals surface area contributed by atoms with Crippen LogP contribution >= 0.6 is 0 Å². The second-order valence-corrected chi connectivity index (χ2v) is 4.35. The standard InChI is InChI=1S/C12H15N5O2/c1-8-4-12(14-7-11(8)17(18)19)13-5-10-6-15-16(3)9(10)2/h4,6-7H,5H2,1-3H3,(H,13,14). The van der Waals surface area contributed by atoms with E-state index in [1.807, 2.05) is 14.0 Å². The highest BCUT2D eigenvalue weighted by Gasteiger charge is 2.11. The molecule has 19 heavy (non-hydrogen) atoms. The molecule has 0 saturated carbocycles. The molecule has 0 unspecified atom stereocenters. The molecule has 2 heterocycles. The third-order valence-electron chi connectivity index (χ3n) is 3.08. The van der Waals surface area contributed by atoms with Gasteiger partial charge in [0.25, 0.3) is 5.69 Å². The summed E-state index contributed by atoms with van der Waals surface area (Å²) in [5, 5.41) is 18.0. The van der Waals surface area contributed by atoms with Crippen LogP contribution in [-0.4, -0.2) is 19.7 Å². The van der Waals surface area contributed by atoms with Crippen LogP contribution in [0.2, 0.25) is 0 Å². The Hall–Kier alpha value is -2.44. The monoisotopic (exact) mass is 261 g/mol. The summed E-state index contributed by atoms with van der Waals surface area (Å²) < 4.78 is 1.80. The Morgan fingerprint density at radius 1 is 1.42 bits per heavy atom. The van der Waals surface area contributed by atoms with Crippen LogP contribution in [-0.2, 0) is 13.6 Å². The third-order valence-corrected chi connectivity index (χ3v) is 3.08. The lowest BCUT2D eigenvalue weighted by atomic mass is 10.2. The van der Waals surface area contributed by atoms with E-state index < -0.39 is 4.92 Å². The van der Waals surface area contributed by atoms with Gasteiger partial charge in [0.2, 0.25) is 0 Å². The number of pyridine rings is 1. The van der Waals surface area contributed by atoms with Crippen molar-refractivity contribution >= 4 is 11.5 Å². The zero-order valence-electron chi connectivity index (χ0n) is 11.0. The maximum atomic E-state index is 10.7. The van der Waals surface area contributed by atoms with Crippen molar-refractivity contribution in [1.29, 1.82) is 0 Å². The summed E-state index contributed by atoms with van der Waals surface area (Å²) >= 11 is 0. The molecule has 0 atom stereocenters. The van der Waals surface area contributed by atoms with Gasteiger partial charge in [0.05, 0.1) is 11.1 Å². The summed E-state index contributed by atoms with van der Waals surface area (Å²) in [7, 11) is 1.88. The van der Waals surface area contributed by atoms with Gasteiger partial charge in [-0.1, -0.05) is 0 Å². The highest BCUT2D eigenvalue weighted by molar-refractivity contribution is 5.47. The largest absolute Gasteiger partial charge is 0.366 e. The molecule has 0 amide bonds. The topological polar surface area (TPSA) is 85.9 Å². The summed E-state index contributed by atoms with van der Waals surface area (Å²) in [5.74, 6) is 0.617. The number of hydrogen-bond acceptors (Lipinski definition) is 5. The van der Waals surface area contributed by atoms with Gasteiger partial charge >= 0.3 is 0 Å². The number of nitro groups is 1. The molecule has 0 aliphatic heterocycles. The van der Waals surface area contributed by atoms with E-state index in [4.69, 9.17) is 0 Å². The minimum Gasteiger partial charge on any atom is -0.366 e. The van der Waals surface area contributed by atoms with Crippen molar-refractivity contribution < 1.29 is 4.92 Å². The minimum absolute atomic E-state index is 0.0307. The second kappa shape index (κ2) is 5.05. The lowest BCUT2D eigenvalue weighted by molar-refractivity contribution is -0.385. The lowest BCUT2D eigenvalue weighted by Gasteiger charge is -2.06. The molecule has 0 aliphatic rings. The molecule has 2 aromatic rings. The smallest absolute Gasteiger partial charge is 0.290 e. The lowest BCUT2D eigenvalue weighted by Crippen LogP contribution is -2.04. The fourth-order valence-corrected chi connectivity index (χ4v) is 1.74. The van der Waals surface area contributed by atoms with Crippen molar-refractivity contribution in [2.24, 2.45) is 7.05 Å². The van der Waals surface area contributed by atoms with Gasteiger partial charge in [0, 0.05) is 30.4 Å². The number of nitrogens with zero attached hydrogens (tertiary/aromatic N) is 4. The number of aromatic nitrogens is 3. The Morgan fingerprint density at radius 3 is 2.68 bits per heavy atom. The normalized spacial score (nSPS) is 10.5. The first-order chi connectivity index (χ1) is 8.99. The van der Waals surface area contributed by atoms with Crippen molar-refractivity contribution in [3.8, 4) is 0 Å². The fourth-order valence-electron chi connectivity index (χ4n) is 1.74. The van der Waals surface area contributed by atoms with E-state index >= 15 is 0 Å². The van der Waals surface area contributed by atoms with Crippen LogP contribution in [0.4, 0.5) is 11.5 Å². The molecule has 0 radical (unpaired) electrons. The quantitative estimate of drug-likeness (QED) is 0.671. The average Bonchev–Trinajstić information content (AvgIpc) is 2.67. The Balaban J connectivity index is 2.10. The molecule has 1 N–H and O–H groups in total. The molecular weight excluding hydrogens is 246 g/mol. The zero-order valence-corrected chi connectivity index (χ0v) is 11.0. The third kappa shape index (κ3) is 2.70. The summed E-state index contributed by atoms with van der Waals surface area (Å²) in [6.45, 7) is 4.27. The number of aryl methyl sites for hydroxylation is 2. The SMILES string of the molecule is Cc1cc(NCc2cnn(C)c2C)ncc1[N+](=O)[O-]. The van der Waals surface area contributed by atoms with Gasteiger partial charge in [-0.3, -0.25) is 14.8 Å². The van der Waals surface area contributed by atoms with Gasteiger partial charge < -0.3 is 5.32 Å². The van der Waals surface area contributed by atoms with Crippen molar-refractivity contribution in [3.63, 3.8) is 0 Å². The first kappa shape index (κ1) is 13.0. The molecule has 7 nitrogen and oxygen atoms in total. The van der Waals surface area contributed by atoms with E-state index in [1.54, 1.807) is 23.9 Å². The Morgan fingerprint density at radius 2 is 2.16 bits per heavy atom. The zero-order chi connectivity index (χ0) is 14.0. The first-order valence-electron chi connectivity index (χ1n) is 5.81. The van der Waals surface area contributed by atoms with Crippen LogP contribution in [0.5, 0.6) is 0 Å². The van der Waals surface area contributed by atoms with Crippen LogP contribution in [0.15, 0.2) is 18.5 Å².